The first kappa shape index (κ1) is 20.3. The molecule has 28 heavy (non-hydrogen) atoms. The summed E-state index contributed by atoms with van der Waals surface area (Å²) in [6, 6.07) is 5.38. The Morgan fingerprint density at radius 1 is 1.21 bits per heavy atom. The van der Waals surface area contributed by atoms with Crippen LogP contribution in [0.15, 0.2) is 23.4 Å². The van der Waals surface area contributed by atoms with Gasteiger partial charge in [0.05, 0.1) is 32.2 Å². The van der Waals surface area contributed by atoms with E-state index in [1.165, 1.54) is 16.4 Å². The summed E-state index contributed by atoms with van der Waals surface area (Å²) >= 11 is 1.26. The number of carbonyl (C=O) groups excluding carboxylic acids is 1. The largest absolute Gasteiger partial charge is 0.493 e. The maximum Gasteiger partial charge on any atom is 0.233 e. The lowest BCUT2D eigenvalue weighted by atomic mass is 10.2. The van der Waals surface area contributed by atoms with E-state index in [0.29, 0.717) is 35.6 Å². The van der Waals surface area contributed by atoms with Crippen molar-refractivity contribution in [2.45, 2.75) is 31.2 Å². The van der Waals surface area contributed by atoms with Crippen LogP contribution in [0.2, 0.25) is 0 Å². The molecule has 0 unspecified atom stereocenters. The van der Waals surface area contributed by atoms with Gasteiger partial charge in [0.1, 0.15) is 0 Å². The number of methoxy groups -OCH3 is 2. The second-order valence-electron chi connectivity index (χ2n) is 6.59. The van der Waals surface area contributed by atoms with E-state index in [0.717, 1.165) is 5.56 Å². The van der Waals surface area contributed by atoms with Gasteiger partial charge in [-0.25, -0.2) is 4.68 Å². The summed E-state index contributed by atoms with van der Waals surface area (Å²) in [6.07, 6.45) is 0.0695. The molecule has 1 aromatic heterocycles. The molecule has 0 bridgehead atoms. The number of morpholine rings is 1. The average Bonchev–Trinajstić information content (AvgIpc) is 3.05. The van der Waals surface area contributed by atoms with Crippen molar-refractivity contribution in [2.75, 3.05) is 38.9 Å². The van der Waals surface area contributed by atoms with Gasteiger partial charge in [-0.1, -0.05) is 11.8 Å². The van der Waals surface area contributed by atoms with Crippen molar-refractivity contribution in [1.82, 2.24) is 19.8 Å². The van der Waals surface area contributed by atoms with Gasteiger partial charge in [-0.3, -0.25) is 4.79 Å². The first-order valence-electron chi connectivity index (χ1n) is 8.91. The van der Waals surface area contributed by atoms with E-state index in [2.05, 4.69) is 10.2 Å². The number of nitrogens with two attached hydrogens (primary N) is 1. The number of carbonyl (C=O) groups is 1. The summed E-state index contributed by atoms with van der Waals surface area (Å²) in [5.41, 5.74) is 0.738. The van der Waals surface area contributed by atoms with E-state index in [1.807, 2.05) is 24.8 Å². The normalized spacial score (nSPS) is 19.5. The lowest BCUT2D eigenvalue weighted by Crippen LogP contribution is -2.48. The molecule has 0 aliphatic carbocycles. The molecule has 152 valence electrons. The van der Waals surface area contributed by atoms with Gasteiger partial charge in [-0.15, -0.1) is 10.2 Å². The number of nitrogens with zero attached hydrogens (tertiary/aromatic N) is 4. The Labute approximate surface area is 168 Å². The molecule has 1 saturated heterocycles. The maximum absolute atomic E-state index is 12.5. The number of nitrogen functional groups attached to an aromatic ring is 1. The molecular formula is C18H25N5O4S. The summed E-state index contributed by atoms with van der Waals surface area (Å²) < 4.78 is 17.6. The van der Waals surface area contributed by atoms with Crippen molar-refractivity contribution >= 4 is 17.7 Å². The molecule has 1 aliphatic rings. The quantitative estimate of drug-likeness (QED) is 0.566. The van der Waals surface area contributed by atoms with Crippen molar-refractivity contribution < 1.29 is 19.0 Å². The molecule has 0 spiro atoms. The first-order valence-corrected chi connectivity index (χ1v) is 9.90. The standard InChI is InChI=1S/C18H25N5O4S/c1-11-8-22(9-12(2)27-11)16(24)10-28-18-21-20-17(23(18)19)13-5-6-14(25-3)15(7-13)26-4/h5-7,11-12H,8-10,19H2,1-4H3/t11-,12+. The summed E-state index contributed by atoms with van der Waals surface area (Å²) in [4.78, 5) is 14.3. The molecule has 1 amide bonds. The molecule has 2 heterocycles. The number of benzene rings is 1. The van der Waals surface area contributed by atoms with Gasteiger partial charge in [0.25, 0.3) is 0 Å². The number of aromatic nitrogens is 3. The second-order valence-corrected chi connectivity index (χ2v) is 7.53. The predicted octanol–water partition coefficient (Wildman–Crippen LogP) is 1.40. The zero-order chi connectivity index (χ0) is 20.3. The molecular weight excluding hydrogens is 382 g/mol. The Bertz CT molecular complexity index is 833. The Kier molecular flexibility index (Phi) is 6.30. The van der Waals surface area contributed by atoms with Crippen LogP contribution in [-0.4, -0.2) is 71.0 Å². The summed E-state index contributed by atoms with van der Waals surface area (Å²) in [5.74, 6) is 8.09. The first-order chi connectivity index (χ1) is 13.4. The van der Waals surface area contributed by atoms with Crippen LogP contribution in [0.4, 0.5) is 0 Å². The van der Waals surface area contributed by atoms with Crippen molar-refractivity contribution in [3.8, 4) is 22.9 Å². The molecule has 0 radical (unpaired) electrons. The summed E-state index contributed by atoms with van der Waals surface area (Å²) in [7, 11) is 3.14. The Balaban J connectivity index is 1.69. The fraction of sp³-hybridized carbons (Fsp3) is 0.500. The summed E-state index contributed by atoms with van der Waals surface area (Å²) in [5, 5.41) is 8.74. The molecule has 9 nitrogen and oxygen atoms in total. The number of amides is 1. The Morgan fingerprint density at radius 3 is 2.54 bits per heavy atom. The van der Waals surface area contributed by atoms with Crippen LogP contribution in [0.1, 0.15) is 13.8 Å². The highest BCUT2D eigenvalue weighted by Gasteiger charge is 2.26. The highest BCUT2D eigenvalue weighted by Crippen LogP contribution is 2.32. The molecule has 3 rings (SSSR count). The second kappa shape index (κ2) is 8.70. The fourth-order valence-corrected chi connectivity index (χ4v) is 3.91. The number of ether oxygens (including phenoxy) is 3. The molecule has 10 heteroatoms. The lowest BCUT2D eigenvalue weighted by Gasteiger charge is -2.35. The SMILES string of the molecule is COc1ccc(-c2nnc(SCC(=O)N3C[C@@H](C)O[C@@H](C)C3)n2N)cc1OC. The monoisotopic (exact) mass is 407 g/mol. The van der Waals surface area contributed by atoms with Gasteiger partial charge in [0.2, 0.25) is 11.1 Å². The van der Waals surface area contributed by atoms with Crippen LogP contribution in [0.25, 0.3) is 11.4 Å². The van der Waals surface area contributed by atoms with Crippen LogP contribution in [-0.2, 0) is 9.53 Å². The zero-order valence-corrected chi connectivity index (χ0v) is 17.2. The van der Waals surface area contributed by atoms with Crippen LogP contribution in [0.3, 0.4) is 0 Å². The topological polar surface area (TPSA) is 105 Å². The number of thioether (sulfide) groups is 1. The molecule has 1 aromatic carbocycles. The van der Waals surface area contributed by atoms with E-state index in [9.17, 15) is 4.79 Å². The minimum Gasteiger partial charge on any atom is -0.493 e. The summed E-state index contributed by atoms with van der Waals surface area (Å²) in [6.45, 7) is 5.12. The highest BCUT2D eigenvalue weighted by atomic mass is 32.2. The van der Waals surface area contributed by atoms with Gasteiger partial charge in [-0.05, 0) is 32.0 Å². The third kappa shape index (κ3) is 4.33. The number of hydrogen-bond donors (Lipinski definition) is 1. The van der Waals surface area contributed by atoms with Gasteiger partial charge >= 0.3 is 0 Å². The van der Waals surface area contributed by atoms with Gasteiger partial charge in [-0.2, -0.15) is 0 Å². The van der Waals surface area contributed by atoms with Crippen LogP contribution >= 0.6 is 11.8 Å². The van der Waals surface area contributed by atoms with Crippen molar-refractivity contribution in [2.24, 2.45) is 0 Å². The third-order valence-electron chi connectivity index (χ3n) is 4.40. The van der Waals surface area contributed by atoms with E-state index in [4.69, 9.17) is 20.1 Å². The van der Waals surface area contributed by atoms with E-state index < -0.39 is 0 Å². The lowest BCUT2D eigenvalue weighted by molar-refractivity contribution is -0.140. The number of hydrogen-bond acceptors (Lipinski definition) is 8. The fourth-order valence-electron chi connectivity index (χ4n) is 3.15. The van der Waals surface area contributed by atoms with Crippen molar-refractivity contribution in [3.63, 3.8) is 0 Å². The molecule has 2 aromatic rings. The molecule has 1 aliphatic heterocycles. The molecule has 2 N–H and O–H groups in total. The van der Waals surface area contributed by atoms with Crippen molar-refractivity contribution in [1.29, 1.82) is 0 Å². The zero-order valence-electron chi connectivity index (χ0n) is 16.4. The van der Waals surface area contributed by atoms with Gasteiger partial charge in [0, 0.05) is 18.7 Å². The minimum atomic E-state index is 0.0302. The maximum atomic E-state index is 12.5. The Hall–Kier alpha value is -2.46. The molecule has 0 saturated carbocycles. The third-order valence-corrected chi connectivity index (χ3v) is 5.33. The molecule has 2 atom stereocenters. The highest BCUT2D eigenvalue weighted by molar-refractivity contribution is 7.99. The minimum absolute atomic E-state index is 0.0302. The van der Waals surface area contributed by atoms with Crippen LogP contribution in [0, 0.1) is 0 Å². The smallest absolute Gasteiger partial charge is 0.233 e. The molecule has 1 fully saturated rings. The van der Waals surface area contributed by atoms with Crippen LogP contribution in [0.5, 0.6) is 11.5 Å². The Morgan fingerprint density at radius 2 is 1.89 bits per heavy atom. The van der Waals surface area contributed by atoms with Gasteiger partial charge in [0.15, 0.2) is 17.3 Å². The van der Waals surface area contributed by atoms with E-state index >= 15 is 0 Å². The van der Waals surface area contributed by atoms with Gasteiger partial charge < -0.3 is 25.0 Å². The van der Waals surface area contributed by atoms with E-state index in [-0.39, 0.29) is 23.9 Å². The van der Waals surface area contributed by atoms with E-state index in [1.54, 1.807) is 26.4 Å². The predicted molar refractivity (Wildman–Crippen MR) is 106 cm³/mol. The van der Waals surface area contributed by atoms with Crippen molar-refractivity contribution in [3.05, 3.63) is 18.2 Å². The average molecular weight is 407 g/mol. The van der Waals surface area contributed by atoms with Crippen LogP contribution < -0.4 is 15.3 Å². The number of rotatable bonds is 6.